The Kier molecular flexibility index (Phi) is 8.35. The van der Waals surface area contributed by atoms with E-state index in [9.17, 15) is 34.1 Å². The average Bonchev–Trinajstić information content (AvgIpc) is 3.64. The molecule has 230 valence electrons. The second-order valence-electron chi connectivity index (χ2n) is 11.0. The van der Waals surface area contributed by atoms with E-state index in [1.165, 1.54) is 60.7 Å². The molecular formula is C31H22Br2ClN3O8. The first kappa shape index (κ1) is 31.1. The summed E-state index contributed by atoms with van der Waals surface area (Å²) >= 11 is 13.6. The highest BCUT2D eigenvalue weighted by molar-refractivity contribution is 9.12. The zero-order valence-corrected chi connectivity index (χ0v) is 27.0. The van der Waals surface area contributed by atoms with E-state index >= 15 is 0 Å². The summed E-state index contributed by atoms with van der Waals surface area (Å²) in [7, 11) is 0. The molecule has 6 rings (SSSR count). The van der Waals surface area contributed by atoms with Crippen molar-refractivity contribution in [3.05, 3.63) is 105 Å². The van der Waals surface area contributed by atoms with Gasteiger partial charge >= 0.3 is 5.97 Å². The largest absolute Gasteiger partial charge is 0.423 e. The molecule has 3 aromatic rings. The number of ketones is 1. The van der Waals surface area contributed by atoms with Crippen LogP contribution in [0.2, 0.25) is 5.02 Å². The summed E-state index contributed by atoms with van der Waals surface area (Å²) in [5, 5.41) is 12.6. The van der Waals surface area contributed by atoms with Gasteiger partial charge in [-0.15, -0.1) is 0 Å². The number of esters is 1. The molecule has 45 heavy (non-hydrogen) atoms. The minimum atomic E-state index is -0.776. The molecular weight excluding hydrogens is 738 g/mol. The van der Waals surface area contributed by atoms with Crippen molar-refractivity contribution < 1.29 is 33.6 Å². The number of amides is 3. The molecule has 3 amide bonds. The smallest absolute Gasteiger partial charge is 0.343 e. The Hall–Kier alpha value is -3.94. The minimum Gasteiger partial charge on any atom is -0.423 e. The topological polar surface area (TPSA) is 144 Å². The van der Waals surface area contributed by atoms with Gasteiger partial charge in [-0.3, -0.25) is 29.3 Å². The zero-order valence-electron chi connectivity index (χ0n) is 23.0. The lowest BCUT2D eigenvalue weighted by molar-refractivity contribution is -0.384. The molecule has 0 N–H and O–H groups in total. The number of Topliss-reactive ketones (excluding diaryl/α,β-unsaturated/α-hetero) is 1. The molecule has 0 aromatic heterocycles. The molecule has 2 bridgehead atoms. The molecule has 2 saturated carbocycles. The third-order valence-electron chi connectivity index (χ3n) is 8.54. The number of benzene rings is 3. The number of ether oxygens (including phenoxy) is 1. The Morgan fingerprint density at radius 1 is 0.889 bits per heavy atom. The number of nitrogens with zero attached hydrogens (tertiary/aromatic N) is 3. The number of alkyl halides is 2. The summed E-state index contributed by atoms with van der Waals surface area (Å²) in [4.78, 5) is 77.7. The summed E-state index contributed by atoms with van der Waals surface area (Å²) in [6.45, 7) is -0.631. The number of fused-ring (bicyclic) bond motifs is 5. The van der Waals surface area contributed by atoms with Gasteiger partial charge < -0.3 is 4.74 Å². The summed E-state index contributed by atoms with van der Waals surface area (Å²) in [5.74, 6) is -4.48. The number of non-ortho nitro benzene ring substituents is 1. The molecule has 2 aliphatic carbocycles. The fourth-order valence-electron chi connectivity index (χ4n) is 6.40. The maximum absolute atomic E-state index is 13.8. The standard InChI is InChI=1S/C31H22Br2ClN3O8/c32-26-20-13-21(27(26)33)25-24(20)29(40)36(30(25)41)35(28(39)19-3-1-2-4-22(19)34)14-23(38)15-7-11-18(12-8-15)45-31(42)16-5-9-17(10-6-16)37(43)44/h1-12,20-21,24-27H,13-14H2/t20-,21-,24-,25-,26-,27+/m1/s1. The Bertz CT molecular complexity index is 1720. The second-order valence-corrected chi connectivity index (χ2v) is 13.5. The first-order valence-corrected chi connectivity index (χ1v) is 16.0. The van der Waals surface area contributed by atoms with Crippen LogP contribution in [-0.2, 0) is 9.59 Å². The Balaban J connectivity index is 1.23. The quantitative estimate of drug-likeness (QED) is 0.0559. The lowest BCUT2D eigenvalue weighted by atomic mass is 9.81. The maximum atomic E-state index is 13.8. The van der Waals surface area contributed by atoms with Crippen molar-refractivity contribution >= 4 is 78.6 Å². The van der Waals surface area contributed by atoms with Gasteiger partial charge in [0.15, 0.2) is 5.78 Å². The van der Waals surface area contributed by atoms with Crippen molar-refractivity contribution in [3.8, 4) is 5.75 Å². The number of hydrazine groups is 1. The van der Waals surface area contributed by atoms with E-state index in [1.807, 2.05) is 0 Å². The van der Waals surface area contributed by atoms with Crippen molar-refractivity contribution in [2.45, 2.75) is 16.1 Å². The van der Waals surface area contributed by atoms with Crippen molar-refractivity contribution in [2.24, 2.45) is 23.7 Å². The number of carbonyl (C=O) groups is 5. The predicted octanol–water partition coefficient (Wildman–Crippen LogP) is 5.49. The van der Waals surface area contributed by atoms with E-state index in [0.717, 1.165) is 10.0 Å². The molecule has 6 atom stereocenters. The first-order chi connectivity index (χ1) is 21.5. The van der Waals surface area contributed by atoms with Crippen molar-refractivity contribution in [2.75, 3.05) is 6.54 Å². The lowest BCUT2D eigenvalue weighted by Gasteiger charge is -2.31. The first-order valence-electron chi connectivity index (χ1n) is 13.8. The van der Waals surface area contributed by atoms with Crippen LogP contribution < -0.4 is 4.74 Å². The van der Waals surface area contributed by atoms with Crippen LogP contribution in [-0.4, -0.2) is 60.6 Å². The van der Waals surface area contributed by atoms with Crippen LogP contribution in [0.25, 0.3) is 0 Å². The maximum Gasteiger partial charge on any atom is 0.343 e. The molecule has 1 aliphatic heterocycles. The van der Waals surface area contributed by atoms with Crippen molar-refractivity contribution in [3.63, 3.8) is 0 Å². The van der Waals surface area contributed by atoms with Crippen LogP contribution >= 0.6 is 43.5 Å². The SMILES string of the molecule is O=C(CN(C(=O)c1ccccc1Cl)N1C(=O)[C@@H]2[C@H]3C[C@@H]([C@@H](Br)[C@H]3Br)[C@H]2C1=O)c1ccc(OC(=O)c2ccc([N+](=O)[O-])cc2)cc1. The molecule has 3 fully saturated rings. The molecule has 11 nitrogen and oxygen atoms in total. The van der Waals surface area contributed by atoms with E-state index in [4.69, 9.17) is 16.3 Å². The van der Waals surface area contributed by atoms with Gasteiger partial charge in [0.05, 0.1) is 32.9 Å². The second kappa shape index (κ2) is 12.1. The number of nitro benzene ring substituents is 1. The molecule has 0 radical (unpaired) electrons. The minimum absolute atomic E-state index is 0.0113. The van der Waals surface area contributed by atoms with Gasteiger partial charge in [-0.2, -0.15) is 5.01 Å². The van der Waals surface area contributed by atoms with Crippen LogP contribution in [0.3, 0.4) is 0 Å². The third kappa shape index (κ3) is 5.46. The van der Waals surface area contributed by atoms with Gasteiger partial charge in [0, 0.05) is 27.4 Å². The molecule has 14 heteroatoms. The van der Waals surface area contributed by atoms with Crippen LogP contribution in [0, 0.1) is 33.8 Å². The van der Waals surface area contributed by atoms with Gasteiger partial charge in [-0.25, -0.2) is 9.80 Å². The highest BCUT2D eigenvalue weighted by Gasteiger charge is 2.67. The normalized spacial score (nSPS) is 24.8. The molecule has 1 saturated heterocycles. The van der Waals surface area contributed by atoms with Gasteiger partial charge in [-0.05, 0) is 66.8 Å². The van der Waals surface area contributed by atoms with Gasteiger partial charge in [-0.1, -0.05) is 55.6 Å². The predicted molar refractivity (Wildman–Crippen MR) is 167 cm³/mol. The van der Waals surface area contributed by atoms with Gasteiger partial charge in [0.1, 0.15) is 12.3 Å². The fraction of sp³-hybridized carbons (Fsp3) is 0.258. The van der Waals surface area contributed by atoms with Gasteiger partial charge in [0.25, 0.3) is 23.4 Å². The summed E-state index contributed by atoms with van der Waals surface area (Å²) in [5.41, 5.74) is 0.0643. The number of imide groups is 1. The number of halogens is 3. The summed E-state index contributed by atoms with van der Waals surface area (Å²) < 4.78 is 5.32. The van der Waals surface area contributed by atoms with E-state index in [-0.39, 0.29) is 54.6 Å². The number of carbonyl (C=O) groups excluding carboxylic acids is 5. The molecule has 3 aromatic carbocycles. The third-order valence-corrected chi connectivity index (χ3v) is 12.1. The van der Waals surface area contributed by atoms with Crippen molar-refractivity contribution in [1.29, 1.82) is 0 Å². The molecule has 0 unspecified atom stereocenters. The zero-order chi connectivity index (χ0) is 32.2. The van der Waals surface area contributed by atoms with E-state index < -0.39 is 52.8 Å². The number of rotatable bonds is 8. The molecule has 0 spiro atoms. The van der Waals surface area contributed by atoms with E-state index in [0.29, 0.717) is 6.42 Å². The van der Waals surface area contributed by atoms with E-state index in [2.05, 4.69) is 31.9 Å². The van der Waals surface area contributed by atoms with Crippen LogP contribution in [0.15, 0.2) is 72.8 Å². The summed E-state index contributed by atoms with van der Waals surface area (Å²) in [6.07, 6.45) is 0.699. The molecule has 3 aliphatic rings. The number of hydrogen-bond acceptors (Lipinski definition) is 8. The van der Waals surface area contributed by atoms with Crippen LogP contribution in [0.1, 0.15) is 37.5 Å². The number of hydrogen-bond donors (Lipinski definition) is 0. The van der Waals surface area contributed by atoms with Gasteiger partial charge in [0.2, 0.25) is 0 Å². The lowest BCUT2D eigenvalue weighted by Crippen LogP contribution is -2.52. The Morgan fingerprint density at radius 2 is 1.44 bits per heavy atom. The summed E-state index contributed by atoms with van der Waals surface area (Å²) in [6, 6.07) is 16.6. The average molecular weight is 760 g/mol. The highest BCUT2D eigenvalue weighted by atomic mass is 79.9. The monoisotopic (exact) mass is 757 g/mol. The Morgan fingerprint density at radius 3 is 2.00 bits per heavy atom. The van der Waals surface area contributed by atoms with E-state index in [1.54, 1.807) is 12.1 Å². The van der Waals surface area contributed by atoms with Crippen LogP contribution in [0.5, 0.6) is 5.75 Å². The fourth-order valence-corrected chi connectivity index (χ4v) is 8.49. The Labute approximate surface area is 277 Å². The highest BCUT2D eigenvalue weighted by Crippen LogP contribution is 2.60. The van der Waals surface area contributed by atoms with Crippen molar-refractivity contribution in [1.82, 2.24) is 10.0 Å². The van der Waals surface area contributed by atoms with Crippen LogP contribution in [0.4, 0.5) is 5.69 Å². The number of nitro groups is 1. The molecule has 1 heterocycles.